The van der Waals surface area contributed by atoms with Gasteiger partial charge in [-0.3, -0.25) is 14.3 Å². The van der Waals surface area contributed by atoms with Gasteiger partial charge in [0.25, 0.3) is 5.56 Å². The zero-order valence-electron chi connectivity index (χ0n) is 19.2. The molecule has 10 nitrogen and oxygen atoms in total. The number of methoxy groups -OCH3 is 1. The molecule has 178 valence electrons. The van der Waals surface area contributed by atoms with Crippen LogP contribution in [0.5, 0.6) is 5.75 Å². The molecule has 0 saturated carbocycles. The molecule has 1 atom stereocenters. The molecule has 4 heterocycles. The standard InChI is InChI=1S/C24H27N5O5/c1-3-29-22(30)18-11-21-15(10-20(18)26-24(29)32)13-27-7-8-28(14-17(27)6-9-34-21)16-4-5-19(25-12-16)23(31)33-2/h4-5,10-12,17H,3,6-9,13-14H2,1-2H3,(H,26,32)/t17-/m1/s1. The fourth-order valence-electron chi connectivity index (χ4n) is 4.80. The van der Waals surface area contributed by atoms with Gasteiger partial charge in [-0.25, -0.2) is 14.6 Å². The van der Waals surface area contributed by atoms with Gasteiger partial charge in [0.15, 0.2) is 0 Å². The van der Waals surface area contributed by atoms with E-state index in [-0.39, 0.29) is 17.3 Å². The fourth-order valence-corrected chi connectivity index (χ4v) is 4.80. The summed E-state index contributed by atoms with van der Waals surface area (Å²) >= 11 is 0. The number of fused-ring (bicyclic) bond motifs is 3. The van der Waals surface area contributed by atoms with E-state index < -0.39 is 11.7 Å². The number of piperazine rings is 1. The van der Waals surface area contributed by atoms with Crippen molar-refractivity contribution in [2.75, 3.05) is 38.3 Å². The first-order valence-electron chi connectivity index (χ1n) is 11.4. The Morgan fingerprint density at radius 1 is 1.26 bits per heavy atom. The molecular weight excluding hydrogens is 438 g/mol. The zero-order valence-corrected chi connectivity index (χ0v) is 19.2. The highest BCUT2D eigenvalue weighted by molar-refractivity contribution is 5.87. The summed E-state index contributed by atoms with van der Waals surface area (Å²) in [4.78, 5) is 48.4. The number of rotatable bonds is 3. The van der Waals surface area contributed by atoms with E-state index in [1.165, 1.54) is 11.7 Å². The molecule has 1 N–H and O–H groups in total. The van der Waals surface area contributed by atoms with Gasteiger partial charge in [-0.15, -0.1) is 0 Å². The monoisotopic (exact) mass is 465 g/mol. The van der Waals surface area contributed by atoms with E-state index in [1.807, 2.05) is 12.1 Å². The number of anilines is 1. The SMILES string of the molecule is CCn1c(=O)[nH]c2cc3c(cc2c1=O)OCC[C@@H]1CN(c2ccc(C(=O)OC)nc2)CCN1C3. The molecule has 5 rings (SSSR count). The third-order valence-electron chi connectivity index (χ3n) is 6.67. The number of aromatic amines is 1. The molecule has 0 bridgehead atoms. The summed E-state index contributed by atoms with van der Waals surface area (Å²) in [5.74, 6) is 0.248. The van der Waals surface area contributed by atoms with Gasteiger partial charge in [-0.2, -0.15) is 0 Å². The Morgan fingerprint density at radius 2 is 2.12 bits per heavy atom. The number of carbonyl (C=O) groups is 1. The third-order valence-corrected chi connectivity index (χ3v) is 6.67. The number of esters is 1. The Hall–Kier alpha value is -3.66. The number of ether oxygens (including phenoxy) is 2. The Labute approximate surface area is 195 Å². The summed E-state index contributed by atoms with van der Waals surface area (Å²) in [6.07, 6.45) is 2.55. The van der Waals surface area contributed by atoms with E-state index in [1.54, 1.807) is 25.3 Å². The predicted octanol–water partition coefficient (Wildman–Crippen LogP) is 1.36. The van der Waals surface area contributed by atoms with E-state index in [2.05, 4.69) is 19.8 Å². The van der Waals surface area contributed by atoms with Gasteiger partial charge < -0.3 is 19.4 Å². The molecule has 2 aromatic heterocycles. The van der Waals surface area contributed by atoms with Crippen LogP contribution in [0.2, 0.25) is 0 Å². The molecule has 1 fully saturated rings. The van der Waals surface area contributed by atoms with Crippen LogP contribution >= 0.6 is 0 Å². The van der Waals surface area contributed by atoms with Gasteiger partial charge in [-0.1, -0.05) is 0 Å². The summed E-state index contributed by atoms with van der Waals surface area (Å²) in [6, 6.07) is 7.49. The van der Waals surface area contributed by atoms with Gasteiger partial charge in [0.1, 0.15) is 11.4 Å². The molecule has 1 aromatic carbocycles. The highest BCUT2D eigenvalue weighted by Gasteiger charge is 2.30. The van der Waals surface area contributed by atoms with Crippen LogP contribution < -0.4 is 20.9 Å². The number of nitrogens with one attached hydrogen (secondary N) is 1. The molecule has 0 unspecified atom stereocenters. The second-order valence-electron chi connectivity index (χ2n) is 8.59. The van der Waals surface area contributed by atoms with Crippen LogP contribution in [0.3, 0.4) is 0 Å². The number of aromatic nitrogens is 3. The molecular formula is C24H27N5O5. The Morgan fingerprint density at radius 3 is 2.85 bits per heavy atom. The van der Waals surface area contributed by atoms with Gasteiger partial charge in [0.05, 0.1) is 36.5 Å². The highest BCUT2D eigenvalue weighted by atomic mass is 16.5. The fraction of sp³-hybridized carbons (Fsp3) is 0.417. The van der Waals surface area contributed by atoms with Crippen molar-refractivity contribution in [2.45, 2.75) is 32.5 Å². The molecule has 0 spiro atoms. The van der Waals surface area contributed by atoms with Crippen LogP contribution in [0.1, 0.15) is 29.4 Å². The zero-order chi connectivity index (χ0) is 23.8. The van der Waals surface area contributed by atoms with E-state index in [0.717, 1.165) is 37.3 Å². The molecule has 3 aromatic rings. The van der Waals surface area contributed by atoms with E-state index in [9.17, 15) is 14.4 Å². The van der Waals surface area contributed by atoms with E-state index in [4.69, 9.17) is 9.47 Å². The predicted molar refractivity (Wildman–Crippen MR) is 127 cm³/mol. The molecule has 0 amide bonds. The number of benzene rings is 1. The van der Waals surface area contributed by atoms with Crippen molar-refractivity contribution in [1.29, 1.82) is 0 Å². The lowest BCUT2D eigenvalue weighted by Gasteiger charge is -2.43. The van der Waals surface area contributed by atoms with Crippen LogP contribution in [0, 0.1) is 0 Å². The average Bonchev–Trinajstić information content (AvgIpc) is 2.84. The Balaban J connectivity index is 1.38. The molecule has 2 aliphatic rings. The maximum atomic E-state index is 12.7. The van der Waals surface area contributed by atoms with Gasteiger partial charge >= 0.3 is 11.7 Å². The number of H-pyrrole nitrogens is 1. The smallest absolute Gasteiger partial charge is 0.356 e. The van der Waals surface area contributed by atoms with E-state index >= 15 is 0 Å². The second-order valence-corrected chi connectivity index (χ2v) is 8.59. The lowest BCUT2D eigenvalue weighted by molar-refractivity contribution is 0.0594. The first kappa shape index (κ1) is 22.1. The van der Waals surface area contributed by atoms with Crippen molar-refractivity contribution < 1.29 is 14.3 Å². The first-order chi connectivity index (χ1) is 16.5. The largest absolute Gasteiger partial charge is 0.493 e. The molecule has 0 aliphatic carbocycles. The van der Waals surface area contributed by atoms with Crippen molar-refractivity contribution in [3.8, 4) is 5.75 Å². The summed E-state index contributed by atoms with van der Waals surface area (Å²) < 4.78 is 12.0. The lowest BCUT2D eigenvalue weighted by atomic mass is 10.0. The third kappa shape index (κ3) is 3.94. The second kappa shape index (κ2) is 8.94. The number of nitrogens with zero attached hydrogens (tertiary/aromatic N) is 4. The van der Waals surface area contributed by atoms with Crippen molar-refractivity contribution in [2.24, 2.45) is 0 Å². The lowest BCUT2D eigenvalue weighted by Crippen LogP contribution is -2.53. The van der Waals surface area contributed by atoms with Crippen LogP contribution in [0.4, 0.5) is 5.69 Å². The summed E-state index contributed by atoms with van der Waals surface area (Å²) in [6.45, 7) is 5.75. The first-order valence-corrected chi connectivity index (χ1v) is 11.4. The van der Waals surface area contributed by atoms with Crippen molar-refractivity contribution >= 4 is 22.6 Å². The maximum absolute atomic E-state index is 12.7. The van der Waals surface area contributed by atoms with Gasteiger partial charge in [-0.05, 0) is 37.6 Å². The Kier molecular flexibility index (Phi) is 5.82. The summed E-state index contributed by atoms with van der Waals surface area (Å²) in [5, 5.41) is 0.463. The molecule has 1 saturated heterocycles. The minimum Gasteiger partial charge on any atom is -0.493 e. The van der Waals surface area contributed by atoms with Gasteiger partial charge in [0, 0.05) is 44.3 Å². The highest BCUT2D eigenvalue weighted by Crippen LogP contribution is 2.30. The molecule has 0 radical (unpaired) electrons. The van der Waals surface area contributed by atoms with Crippen LogP contribution in [0.25, 0.3) is 10.9 Å². The number of hydrogen-bond donors (Lipinski definition) is 1. The number of hydrogen-bond acceptors (Lipinski definition) is 8. The summed E-state index contributed by atoms with van der Waals surface area (Å²) in [5.41, 5.74) is 2.05. The van der Waals surface area contributed by atoms with Gasteiger partial charge in [0.2, 0.25) is 0 Å². The molecule has 34 heavy (non-hydrogen) atoms. The minimum atomic E-state index is -0.449. The molecule has 2 aliphatic heterocycles. The van der Waals surface area contributed by atoms with Crippen molar-refractivity contribution in [1.82, 2.24) is 19.4 Å². The topological polar surface area (TPSA) is 110 Å². The summed E-state index contributed by atoms with van der Waals surface area (Å²) in [7, 11) is 1.34. The number of pyridine rings is 1. The normalized spacial score (nSPS) is 18.4. The maximum Gasteiger partial charge on any atom is 0.356 e. The Bertz CT molecular complexity index is 1350. The van der Waals surface area contributed by atoms with Crippen LogP contribution in [-0.4, -0.2) is 64.8 Å². The van der Waals surface area contributed by atoms with E-state index in [0.29, 0.717) is 36.3 Å². The number of carbonyl (C=O) groups excluding carboxylic acids is 1. The van der Waals surface area contributed by atoms with Crippen molar-refractivity contribution in [3.63, 3.8) is 0 Å². The van der Waals surface area contributed by atoms with Crippen LogP contribution in [-0.2, 0) is 17.8 Å². The average molecular weight is 466 g/mol. The van der Waals surface area contributed by atoms with Crippen molar-refractivity contribution in [3.05, 3.63) is 62.6 Å². The van der Waals surface area contributed by atoms with Crippen LogP contribution in [0.15, 0.2) is 40.1 Å². The molecule has 10 heteroatoms. The quantitative estimate of drug-likeness (QED) is 0.578. The minimum absolute atomic E-state index is 0.269.